The molecule has 2 N–H and O–H groups in total. The Morgan fingerprint density at radius 2 is 1.88 bits per heavy atom. The third kappa shape index (κ3) is 4.81. The summed E-state index contributed by atoms with van der Waals surface area (Å²) in [5.74, 6) is -0.302. The van der Waals surface area contributed by atoms with Gasteiger partial charge in [0.2, 0.25) is 0 Å². The van der Waals surface area contributed by atoms with Crippen LogP contribution in [0.25, 0.3) is 27.6 Å². The highest BCUT2D eigenvalue weighted by Crippen LogP contribution is 2.36. The van der Waals surface area contributed by atoms with Crippen LogP contribution in [0.15, 0.2) is 65.8 Å². The van der Waals surface area contributed by atoms with Crippen molar-refractivity contribution in [1.29, 1.82) is 0 Å². The first kappa shape index (κ1) is 26.0. The molecule has 0 bridgehead atoms. The fraction of sp³-hybridized carbons (Fsp3) is 0.323. The van der Waals surface area contributed by atoms with Crippen LogP contribution in [0.3, 0.4) is 0 Å². The molecule has 0 atom stereocenters. The van der Waals surface area contributed by atoms with E-state index >= 15 is 0 Å². The molecule has 1 aliphatic rings. The summed E-state index contributed by atoms with van der Waals surface area (Å²) in [6, 6.07) is 12.5. The molecule has 3 aromatic heterocycles. The lowest BCUT2D eigenvalue weighted by Crippen LogP contribution is -2.33. The Morgan fingerprint density at radius 1 is 1.10 bits per heavy atom. The van der Waals surface area contributed by atoms with Crippen LogP contribution in [0.4, 0.5) is 4.39 Å². The lowest BCUT2D eigenvalue weighted by atomic mass is 9.89. The maximum Gasteiger partial charge on any atom is 0.323 e. The Labute approximate surface area is 231 Å². The Balaban J connectivity index is 1.27. The molecule has 1 saturated heterocycles. The number of imidazole rings is 1. The maximum atomic E-state index is 14.4. The van der Waals surface area contributed by atoms with Gasteiger partial charge in [0.25, 0.3) is 5.91 Å². The highest BCUT2D eigenvalue weighted by Gasteiger charge is 2.26. The summed E-state index contributed by atoms with van der Waals surface area (Å²) in [6.45, 7) is 6.60. The molecule has 5 aromatic rings. The number of hydrogen-bond donors (Lipinski definition) is 2. The number of pyridine rings is 1. The first-order valence-electron chi connectivity index (χ1n) is 13.7. The van der Waals surface area contributed by atoms with Gasteiger partial charge in [-0.3, -0.25) is 14.7 Å². The summed E-state index contributed by atoms with van der Waals surface area (Å²) in [5.41, 5.74) is 5.75. The molecular formula is C31H33FN6O2. The number of hydrogen-bond acceptors (Lipinski definition) is 4. The molecule has 0 aliphatic carbocycles. The number of aromatic nitrogens is 4. The Hall–Kier alpha value is -4.24. The standard InChI is InChI=1S/C31H33FN6O2/c1-19(2)36(3)30(39)24-15-22(32)5-7-28(24)38-18-25(23-8-11-33-16-29(23)38)21-9-12-37(13-10-21)17-20-4-6-26-27(14-20)35-31(40)34-26/h4-8,11,14-16,18-19,21H,9-10,12-13,17H2,1-3H3,(H2,34,35,40). The summed E-state index contributed by atoms with van der Waals surface area (Å²) < 4.78 is 16.4. The van der Waals surface area contributed by atoms with E-state index in [2.05, 4.69) is 32.1 Å². The number of nitrogens with one attached hydrogen (secondary N) is 2. The second-order valence-electron chi connectivity index (χ2n) is 11.0. The smallest absolute Gasteiger partial charge is 0.323 e. The van der Waals surface area contributed by atoms with Gasteiger partial charge in [-0.25, -0.2) is 9.18 Å². The average molecular weight is 541 g/mol. The van der Waals surface area contributed by atoms with Crippen LogP contribution in [0.1, 0.15) is 54.1 Å². The van der Waals surface area contributed by atoms with E-state index in [9.17, 15) is 14.0 Å². The van der Waals surface area contributed by atoms with Gasteiger partial charge in [0.1, 0.15) is 5.82 Å². The lowest BCUT2D eigenvalue weighted by molar-refractivity contribution is 0.0754. The zero-order chi connectivity index (χ0) is 28.0. The number of carbonyl (C=O) groups excluding carboxylic acids is 1. The lowest BCUT2D eigenvalue weighted by Gasteiger charge is -2.32. The van der Waals surface area contributed by atoms with Crippen molar-refractivity contribution in [3.63, 3.8) is 0 Å². The highest BCUT2D eigenvalue weighted by molar-refractivity contribution is 5.99. The molecule has 206 valence electrons. The van der Waals surface area contributed by atoms with E-state index in [0.717, 1.165) is 54.4 Å². The van der Waals surface area contributed by atoms with Crippen molar-refractivity contribution in [2.45, 2.75) is 45.2 Å². The topological polar surface area (TPSA) is 90.0 Å². The molecule has 1 fully saturated rings. The van der Waals surface area contributed by atoms with E-state index in [1.165, 1.54) is 23.3 Å². The molecular weight excluding hydrogens is 507 g/mol. The SMILES string of the molecule is CC(C)N(C)C(=O)c1cc(F)ccc1-n1cc(C2CCN(Cc3ccc4[nH]c(=O)[nH]c4c3)CC2)c2ccncc21. The summed E-state index contributed by atoms with van der Waals surface area (Å²) in [5, 5.41) is 1.11. The number of fused-ring (bicyclic) bond motifs is 2. The predicted octanol–water partition coefficient (Wildman–Crippen LogP) is 5.19. The molecule has 2 aromatic carbocycles. The van der Waals surface area contributed by atoms with Gasteiger partial charge in [-0.1, -0.05) is 6.07 Å². The number of rotatable bonds is 6. The van der Waals surface area contributed by atoms with Gasteiger partial charge in [-0.05, 0) is 93.2 Å². The summed E-state index contributed by atoms with van der Waals surface area (Å²) in [7, 11) is 1.74. The first-order chi connectivity index (χ1) is 19.3. The molecule has 1 amide bonds. The minimum atomic E-state index is -0.437. The zero-order valence-electron chi connectivity index (χ0n) is 22.9. The molecule has 4 heterocycles. The second-order valence-corrected chi connectivity index (χ2v) is 11.0. The molecule has 0 spiro atoms. The summed E-state index contributed by atoms with van der Waals surface area (Å²) in [4.78, 5) is 39.0. The molecule has 0 unspecified atom stereocenters. The second kappa shape index (κ2) is 10.4. The van der Waals surface area contributed by atoms with Crippen molar-refractivity contribution in [2.75, 3.05) is 20.1 Å². The van der Waals surface area contributed by atoms with E-state index in [1.54, 1.807) is 24.2 Å². The van der Waals surface area contributed by atoms with E-state index in [-0.39, 0.29) is 17.6 Å². The molecule has 6 rings (SSSR count). The van der Waals surface area contributed by atoms with E-state index in [1.807, 2.05) is 42.8 Å². The van der Waals surface area contributed by atoms with Crippen LogP contribution in [0, 0.1) is 5.82 Å². The largest absolute Gasteiger partial charge is 0.339 e. The fourth-order valence-corrected chi connectivity index (χ4v) is 5.78. The number of H-pyrrole nitrogens is 2. The number of benzene rings is 2. The van der Waals surface area contributed by atoms with Gasteiger partial charge in [0.15, 0.2) is 0 Å². The average Bonchev–Trinajstić information content (AvgIpc) is 3.52. The monoisotopic (exact) mass is 540 g/mol. The fourth-order valence-electron chi connectivity index (χ4n) is 5.78. The van der Waals surface area contributed by atoms with Gasteiger partial charge < -0.3 is 19.4 Å². The Kier molecular flexibility index (Phi) is 6.75. The van der Waals surface area contributed by atoms with Crippen LogP contribution < -0.4 is 5.69 Å². The van der Waals surface area contributed by atoms with Crippen molar-refractivity contribution in [1.82, 2.24) is 29.3 Å². The van der Waals surface area contributed by atoms with Gasteiger partial charge in [-0.2, -0.15) is 0 Å². The summed E-state index contributed by atoms with van der Waals surface area (Å²) >= 11 is 0. The van der Waals surface area contributed by atoms with Crippen molar-refractivity contribution >= 4 is 27.8 Å². The van der Waals surface area contributed by atoms with Gasteiger partial charge in [0, 0.05) is 37.4 Å². The zero-order valence-corrected chi connectivity index (χ0v) is 22.9. The number of carbonyl (C=O) groups is 1. The third-order valence-corrected chi connectivity index (χ3v) is 8.20. The van der Waals surface area contributed by atoms with Crippen LogP contribution in [0.2, 0.25) is 0 Å². The number of likely N-dealkylation sites (tertiary alicyclic amines) is 1. The minimum absolute atomic E-state index is 0.0142. The van der Waals surface area contributed by atoms with E-state index < -0.39 is 5.82 Å². The quantitative estimate of drug-likeness (QED) is 0.310. The van der Waals surface area contributed by atoms with E-state index in [4.69, 9.17) is 0 Å². The van der Waals surface area contributed by atoms with Crippen molar-refractivity contribution in [2.24, 2.45) is 0 Å². The number of piperidine rings is 1. The van der Waals surface area contributed by atoms with Crippen molar-refractivity contribution in [3.05, 3.63) is 94.0 Å². The number of amides is 1. The molecule has 1 aliphatic heterocycles. The first-order valence-corrected chi connectivity index (χ1v) is 13.7. The predicted molar refractivity (Wildman–Crippen MR) is 154 cm³/mol. The number of aromatic amines is 2. The normalized spacial score (nSPS) is 14.9. The van der Waals surface area contributed by atoms with Crippen molar-refractivity contribution in [3.8, 4) is 5.69 Å². The minimum Gasteiger partial charge on any atom is -0.339 e. The Morgan fingerprint density at radius 3 is 2.65 bits per heavy atom. The third-order valence-electron chi connectivity index (χ3n) is 8.20. The maximum absolute atomic E-state index is 14.4. The molecule has 0 radical (unpaired) electrons. The molecule has 9 heteroatoms. The van der Waals surface area contributed by atoms with Gasteiger partial charge in [0.05, 0.1) is 34.0 Å². The van der Waals surface area contributed by atoms with Crippen LogP contribution in [-0.4, -0.2) is 61.4 Å². The number of halogens is 1. The molecule has 40 heavy (non-hydrogen) atoms. The Bertz CT molecular complexity index is 1760. The van der Waals surface area contributed by atoms with Gasteiger partial charge in [-0.15, -0.1) is 0 Å². The molecule has 0 saturated carbocycles. The van der Waals surface area contributed by atoms with Gasteiger partial charge >= 0.3 is 5.69 Å². The van der Waals surface area contributed by atoms with Crippen LogP contribution in [-0.2, 0) is 6.54 Å². The van der Waals surface area contributed by atoms with Crippen LogP contribution >= 0.6 is 0 Å². The summed E-state index contributed by atoms with van der Waals surface area (Å²) in [6.07, 6.45) is 7.73. The molecule has 8 nitrogen and oxygen atoms in total. The number of nitrogens with zero attached hydrogens (tertiary/aromatic N) is 4. The van der Waals surface area contributed by atoms with Crippen LogP contribution in [0.5, 0.6) is 0 Å². The van der Waals surface area contributed by atoms with Crippen molar-refractivity contribution < 1.29 is 9.18 Å². The highest BCUT2D eigenvalue weighted by atomic mass is 19.1. The van der Waals surface area contributed by atoms with E-state index in [0.29, 0.717) is 17.2 Å².